The number of carbonyl (C=O) groups excluding carboxylic acids is 2. The molecule has 2 N–H and O–H groups in total. The molecule has 162 valence electrons. The molecule has 0 aliphatic rings. The van der Waals surface area contributed by atoms with Crippen LogP contribution in [0.2, 0.25) is 0 Å². The van der Waals surface area contributed by atoms with Crippen LogP contribution in [0.4, 0.5) is 13.2 Å². The van der Waals surface area contributed by atoms with Gasteiger partial charge in [-0.1, -0.05) is 24.3 Å². The molecule has 2 aromatic carbocycles. The summed E-state index contributed by atoms with van der Waals surface area (Å²) in [4.78, 5) is 23.7. The zero-order chi connectivity index (χ0) is 22.3. The molecular formula is C21H19F3N4O3. The number of nitrogens with one attached hydrogen (secondary N) is 2. The van der Waals surface area contributed by atoms with Gasteiger partial charge in [0.1, 0.15) is 5.75 Å². The number of amides is 2. The van der Waals surface area contributed by atoms with E-state index < -0.39 is 30.2 Å². The molecule has 0 spiro atoms. The Morgan fingerprint density at radius 3 is 2.48 bits per heavy atom. The van der Waals surface area contributed by atoms with Gasteiger partial charge < -0.3 is 4.74 Å². The number of hydrogen-bond acceptors (Lipinski definition) is 4. The summed E-state index contributed by atoms with van der Waals surface area (Å²) >= 11 is 0. The Hall–Kier alpha value is -3.82. The molecule has 0 aliphatic carbocycles. The third-order valence-corrected chi connectivity index (χ3v) is 4.17. The first kappa shape index (κ1) is 21.9. The number of aryl methyl sites for hydroxylation is 1. The maximum atomic E-state index is 12.7. The highest BCUT2D eigenvalue weighted by Gasteiger charge is 2.30. The maximum absolute atomic E-state index is 12.7. The molecule has 0 atom stereocenters. The number of hydrazine groups is 1. The summed E-state index contributed by atoms with van der Waals surface area (Å²) in [5.74, 6) is -1.24. The van der Waals surface area contributed by atoms with E-state index in [2.05, 4.69) is 16.0 Å². The van der Waals surface area contributed by atoms with Gasteiger partial charge >= 0.3 is 6.18 Å². The smallest absolute Gasteiger partial charge is 0.416 e. The third-order valence-electron chi connectivity index (χ3n) is 4.17. The van der Waals surface area contributed by atoms with Crippen molar-refractivity contribution in [3.63, 3.8) is 0 Å². The van der Waals surface area contributed by atoms with E-state index >= 15 is 0 Å². The Balaban J connectivity index is 1.39. The lowest BCUT2D eigenvalue weighted by atomic mass is 10.2. The van der Waals surface area contributed by atoms with Crippen molar-refractivity contribution in [2.75, 3.05) is 6.61 Å². The number of aromatic nitrogens is 2. The van der Waals surface area contributed by atoms with Crippen LogP contribution in [0.15, 0.2) is 67.0 Å². The van der Waals surface area contributed by atoms with Gasteiger partial charge in [0.15, 0.2) is 6.61 Å². The average molecular weight is 432 g/mol. The topological polar surface area (TPSA) is 85.3 Å². The van der Waals surface area contributed by atoms with E-state index in [9.17, 15) is 22.8 Å². The molecule has 0 bridgehead atoms. The monoisotopic (exact) mass is 432 g/mol. The number of para-hydroxylation sites is 1. The first-order chi connectivity index (χ1) is 14.8. The Kier molecular flexibility index (Phi) is 6.91. The fourth-order valence-corrected chi connectivity index (χ4v) is 2.62. The van der Waals surface area contributed by atoms with Crippen LogP contribution in [-0.4, -0.2) is 28.2 Å². The summed E-state index contributed by atoms with van der Waals surface area (Å²) in [6.45, 7) is -0.550. The van der Waals surface area contributed by atoms with Crippen LogP contribution in [0, 0.1) is 0 Å². The minimum absolute atomic E-state index is 0.105. The van der Waals surface area contributed by atoms with E-state index in [4.69, 9.17) is 4.74 Å². The predicted molar refractivity (Wildman–Crippen MR) is 105 cm³/mol. The van der Waals surface area contributed by atoms with E-state index in [1.54, 1.807) is 10.9 Å². The largest absolute Gasteiger partial charge is 0.484 e. The fraction of sp³-hybridized carbons (Fsp3) is 0.190. The van der Waals surface area contributed by atoms with Crippen molar-refractivity contribution in [2.45, 2.75) is 19.0 Å². The van der Waals surface area contributed by atoms with Gasteiger partial charge in [0, 0.05) is 12.6 Å². The van der Waals surface area contributed by atoms with E-state index in [-0.39, 0.29) is 12.2 Å². The Labute approximate surface area is 175 Å². The molecule has 0 saturated heterocycles. The molecule has 3 rings (SSSR count). The molecule has 10 heteroatoms. The summed E-state index contributed by atoms with van der Waals surface area (Å²) in [5, 5.41) is 4.24. The van der Waals surface area contributed by atoms with Crippen LogP contribution in [0.1, 0.15) is 17.5 Å². The molecule has 0 unspecified atom stereocenters. The number of hydrogen-bond donors (Lipinski definition) is 2. The van der Waals surface area contributed by atoms with Crippen molar-refractivity contribution in [1.82, 2.24) is 20.6 Å². The number of alkyl halides is 3. The van der Waals surface area contributed by atoms with Gasteiger partial charge in [-0.15, -0.1) is 0 Å². The molecular weight excluding hydrogens is 413 g/mol. The molecule has 2 amide bonds. The first-order valence-corrected chi connectivity index (χ1v) is 9.28. The van der Waals surface area contributed by atoms with E-state index in [1.807, 2.05) is 36.5 Å². The van der Waals surface area contributed by atoms with Crippen molar-refractivity contribution in [3.05, 3.63) is 78.1 Å². The third kappa shape index (κ3) is 6.59. The van der Waals surface area contributed by atoms with Crippen LogP contribution in [0.25, 0.3) is 5.69 Å². The van der Waals surface area contributed by atoms with Crippen molar-refractivity contribution >= 4 is 11.8 Å². The molecule has 3 aromatic rings. The quantitative estimate of drug-likeness (QED) is 0.562. The molecule has 0 fully saturated rings. The lowest BCUT2D eigenvalue weighted by Gasteiger charge is -2.11. The Bertz CT molecular complexity index is 1040. The highest BCUT2D eigenvalue weighted by atomic mass is 19.4. The fourth-order valence-electron chi connectivity index (χ4n) is 2.62. The molecule has 0 radical (unpaired) electrons. The number of ether oxygens (including phenoxy) is 1. The maximum Gasteiger partial charge on any atom is 0.416 e. The van der Waals surface area contributed by atoms with Crippen molar-refractivity contribution in [2.24, 2.45) is 0 Å². The van der Waals surface area contributed by atoms with Crippen LogP contribution >= 0.6 is 0 Å². The van der Waals surface area contributed by atoms with Gasteiger partial charge in [0.25, 0.3) is 5.91 Å². The van der Waals surface area contributed by atoms with Gasteiger partial charge in [-0.05, 0) is 42.3 Å². The molecule has 0 aliphatic heterocycles. The predicted octanol–water partition coefficient (Wildman–Crippen LogP) is 3.05. The van der Waals surface area contributed by atoms with Gasteiger partial charge in [-0.3, -0.25) is 20.4 Å². The normalized spacial score (nSPS) is 11.1. The van der Waals surface area contributed by atoms with Crippen LogP contribution < -0.4 is 15.6 Å². The summed E-state index contributed by atoms with van der Waals surface area (Å²) in [6.07, 6.45) is -0.524. The molecule has 0 saturated carbocycles. The Morgan fingerprint density at radius 2 is 1.74 bits per heavy atom. The second-order valence-corrected chi connectivity index (χ2v) is 6.54. The molecule has 31 heavy (non-hydrogen) atoms. The van der Waals surface area contributed by atoms with E-state index in [0.29, 0.717) is 6.42 Å². The van der Waals surface area contributed by atoms with Gasteiger partial charge in [0.05, 0.1) is 17.4 Å². The second kappa shape index (κ2) is 9.79. The number of halogens is 3. The van der Waals surface area contributed by atoms with Gasteiger partial charge in [0.2, 0.25) is 5.91 Å². The molecule has 7 nitrogen and oxygen atoms in total. The highest BCUT2D eigenvalue weighted by Crippen LogP contribution is 2.31. The SMILES string of the molecule is O=C(CCc1cnn(-c2ccccc2)c1)NNC(=O)COc1cccc(C(F)(F)F)c1. The van der Waals surface area contributed by atoms with Crippen molar-refractivity contribution in [1.29, 1.82) is 0 Å². The second-order valence-electron chi connectivity index (χ2n) is 6.54. The summed E-state index contributed by atoms with van der Waals surface area (Å²) in [5.41, 5.74) is 5.26. The number of rotatable bonds is 7. The van der Waals surface area contributed by atoms with Gasteiger partial charge in [-0.2, -0.15) is 18.3 Å². The highest BCUT2D eigenvalue weighted by molar-refractivity contribution is 5.82. The van der Waals surface area contributed by atoms with Crippen LogP contribution in [0.3, 0.4) is 0 Å². The van der Waals surface area contributed by atoms with Gasteiger partial charge in [-0.25, -0.2) is 4.68 Å². The number of carbonyl (C=O) groups is 2. The van der Waals surface area contributed by atoms with Crippen LogP contribution in [-0.2, 0) is 22.2 Å². The Morgan fingerprint density at radius 1 is 1.00 bits per heavy atom. The number of benzene rings is 2. The summed E-state index contributed by atoms with van der Waals surface area (Å²) < 4.78 is 44.7. The zero-order valence-electron chi connectivity index (χ0n) is 16.2. The average Bonchev–Trinajstić information content (AvgIpc) is 3.24. The van der Waals surface area contributed by atoms with Crippen molar-refractivity contribution in [3.8, 4) is 11.4 Å². The minimum Gasteiger partial charge on any atom is -0.484 e. The van der Waals surface area contributed by atoms with E-state index in [1.165, 1.54) is 12.1 Å². The molecule has 1 aromatic heterocycles. The van der Waals surface area contributed by atoms with Crippen LogP contribution in [0.5, 0.6) is 5.75 Å². The first-order valence-electron chi connectivity index (χ1n) is 9.28. The summed E-state index contributed by atoms with van der Waals surface area (Å²) in [7, 11) is 0. The molecule has 1 heterocycles. The summed E-state index contributed by atoms with van der Waals surface area (Å²) in [6, 6.07) is 13.7. The minimum atomic E-state index is -4.51. The lowest BCUT2D eigenvalue weighted by Crippen LogP contribution is -2.43. The van der Waals surface area contributed by atoms with Crippen molar-refractivity contribution < 1.29 is 27.5 Å². The zero-order valence-corrected chi connectivity index (χ0v) is 16.2. The number of nitrogens with zero attached hydrogens (tertiary/aromatic N) is 2. The lowest BCUT2D eigenvalue weighted by molar-refractivity contribution is -0.137. The van der Waals surface area contributed by atoms with E-state index in [0.717, 1.165) is 23.4 Å². The standard InChI is InChI=1S/C21H19F3N4O3/c22-21(23,24)16-5-4-8-18(11-16)31-14-20(30)27-26-19(29)10-9-15-12-25-28(13-15)17-6-2-1-3-7-17/h1-8,11-13H,9-10,14H2,(H,26,29)(H,27,30).